The monoisotopic (exact) mass is 1060 g/mol. The summed E-state index contributed by atoms with van der Waals surface area (Å²) in [6, 6.07) is 119. The topological polar surface area (TPSA) is 31.6 Å². The fraction of sp³-hybridized carbons (Fsp3) is 0. The van der Waals surface area contributed by atoms with E-state index in [2.05, 4.69) is 339 Å². The average molecular weight is 1060 g/mol. The molecule has 0 saturated carbocycles. The molecule has 0 N–H and O–H groups in total. The molecule has 15 aromatic rings. The van der Waals surface area contributed by atoms with Crippen molar-refractivity contribution in [3.63, 3.8) is 0 Å². The Labute approximate surface area is 466 Å². The summed E-state index contributed by atoms with van der Waals surface area (Å²) in [4.78, 5) is 5.49. The van der Waals surface area contributed by atoms with Gasteiger partial charge >= 0.3 is 0 Å². The second kappa shape index (κ2) is 19.4. The smallest absolute Gasteiger partial charge is 0.220 e. The first-order valence-electron chi connectivity index (χ1n) is 27.5. The van der Waals surface area contributed by atoms with E-state index in [0.29, 0.717) is 0 Å². The van der Waals surface area contributed by atoms with Gasteiger partial charge in [0.05, 0.1) is 49.7 Å². The lowest BCUT2D eigenvalue weighted by atomic mass is 10.2. The molecule has 7 heteroatoms. The molecule has 0 spiro atoms. The van der Waals surface area contributed by atoms with E-state index in [-0.39, 0.29) is 0 Å². The molecule has 15 rings (SSSR count). The Balaban J connectivity index is 1.06. The van der Waals surface area contributed by atoms with E-state index in [1.807, 2.05) is 0 Å². The Hall–Kier alpha value is -10.1. The Morgan fingerprint density at radius 3 is 0.900 bits per heavy atom. The molecule has 0 aliphatic heterocycles. The van der Waals surface area contributed by atoms with Crippen molar-refractivity contribution in [2.75, 3.05) is 0 Å². The minimum Gasteiger partial charge on any atom is -0.306 e. The molecule has 0 atom stereocenters. The van der Waals surface area contributed by atoms with Crippen molar-refractivity contribution in [2.45, 2.75) is 0 Å². The van der Waals surface area contributed by atoms with E-state index in [4.69, 9.17) is 4.98 Å². The third-order valence-electron chi connectivity index (χ3n) is 16.5. The molecule has 3 heterocycles. The van der Waals surface area contributed by atoms with Crippen LogP contribution >= 0.6 is 0 Å². The predicted octanol–water partition coefficient (Wildman–Crippen LogP) is 11.7. The Morgan fingerprint density at radius 1 is 0.212 bits per heavy atom. The van der Waals surface area contributed by atoms with Crippen molar-refractivity contribution < 1.29 is 0 Å². The fourth-order valence-corrected chi connectivity index (χ4v) is 22.7. The molecule has 0 fully saturated rings. The molecule has 0 aliphatic carbocycles. The molecule has 0 bridgehead atoms. The normalized spacial score (nSPS) is 12.0. The number of hydrogen-bond acceptors (Lipinski definition) is 1. The molecule has 0 unspecified atom stereocenters. The zero-order valence-electron chi connectivity index (χ0n) is 43.8. The summed E-state index contributed by atoms with van der Waals surface area (Å²) in [5, 5.41) is 10.7. The molecule has 0 saturated heterocycles. The number of fused-ring (bicyclic) bond motifs is 8. The quantitative estimate of drug-likeness (QED) is 0.0992. The van der Waals surface area contributed by atoms with Crippen molar-refractivity contribution >= 4 is 113 Å². The van der Waals surface area contributed by atoms with E-state index >= 15 is 0 Å². The first-order chi connectivity index (χ1) is 39.7. The fourth-order valence-electron chi connectivity index (χ4n) is 13.2. The SMILES string of the molecule is c1ccc([Si](c2ccccc2)(c2ccccc2)c2ccc(-n3c4ccccc4n(-c4ccc([Si](c5ccccc5)(c5ccccc5)c5ccccc5)cc4)c4cccc5c4n(c4ccccc43)c3nc4ccccc4n53)cc2)cc1. The van der Waals surface area contributed by atoms with Crippen LogP contribution in [0.1, 0.15) is 0 Å². The van der Waals surface area contributed by atoms with Crippen LogP contribution in [0, 0.1) is 0 Å². The van der Waals surface area contributed by atoms with Gasteiger partial charge in [0.15, 0.2) is 16.1 Å². The third kappa shape index (κ3) is 7.25. The Kier molecular flexibility index (Phi) is 11.5. The number of benzene rings is 12. The number of para-hydroxylation sites is 7. The highest BCUT2D eigenvalue weighted by molar-refractivity contribution is 7.20. The van der Waals surface area contributed by atoms with Gasteiger partial charge in [-0.2, -0.15) is 0 Å². The van der Waals surface area contributed by atoms with E-state index in [0.717, 1.165) is 66.8 Å². The lowest BCUT2D eigenvalue weighted by Crippen LogP contribution is -2.74. The summed E-state index contributed by atoms with van der Waals surface area (Å²) in [5.74, 6) is 0.853. The van der Waals surface area contributed by atoms with E-state index in [1.165, 1.54) is 41.5 Å². The molecule has 3 aromatic heterocycles. The van der Waals surface area contributed by atoms with Crippen LogP contribution in [0.4, 0.5) is 0 Å². The highest BCUT2D eigenvalue weighted by atomic mass is 28.3. The van der Waals surface area contributed by atoms with Crippen LogP contribution in [0.2, 0.25) is 0 Å². The molecule has 80 heavy (non-hydrogen) atoms. The summed E-state index contributed by atoms with van der Waals surface area (Å²) in [7, 11) is -5.67. The minimum absolute atomic E-state index is 0.853. The van der Waals surface area contributed by atoms with E-state index in [9.17, 15) is 0 Å². The van der Waals surface area contributed by atoms with Crippen LogP contribution in [0.15, 0.2) is 322 Å². The maximum Gasteiger partial charge on any atom is 0.220 e. The van der Waals surface area contributed by atoms with Gasteiger partial charge in [0, 0.05) is 11.4 Å². The zero-order chi connectivity index (χ0) is 53.0. The second-order valence-corrected chi connectivity index (χ2v) is 28.3. The summed E-state index contributed by atoms with van der Waals surface area (Å²) < 4.78 is 9.72. The number of aromatic nitrogens is 5. The summed E-state index contributed by atoms with van der Waals surface area (Å²) in [6.07, 6.45) is 0. The predicted molar refractivity (Wildman–Crippen MR) is 340 cm³/mol. The molecule has 0 aliphatic rings. The zero-order valence-corrected chi connectivity index (χ0v) is 45.8. The van der Waals surface area contributed by atoms with E-state index in [1.54, 1.807) is 0 Å². The largest absolute Gasteiger partial charge is 0.306 e. The molecule has 0 amide bonds. The van der Waals surface area contributed by atoms with Gasteiger partial charge in [-0.25, -0.2) is 4.98 Å². The van der Waals surface area contributed by atoms with Crippen LogP contribution < -0.4 is 41.5 Å². The van der Waals surface area contributed by atoms with Gasteiger partial charge in [-0.15, -0.1) is 0 Å². The molecular formula is C73H53N5Si2. The van der Waals surface area contributed by atoms with Gasteiger partial charge < -0.3 is 9.13 Å². The molecular weight excluding hydrogens is 1000 g/mol. The van der Waals surface area contributed by atoms with Crippen LogP contribution in [-0.4, -0.2) is 39.1 Å². The van der Waals surface area contributed by atoms with Crippen molar-refractivity contribution in [3.8, 4) is 11.4 Å². The molecule has 5 nitrogen and oxygen atoms in total. The number of rotatable bonds is 10. The van der Waals surface area contributed by atoms with Gasteiger partial charge in [0.2, 0.25) is 5.78 Å². The lowest BCUT2D eigenvalue weighted by molar-refractivity contribution is 1.13. The van der Waals surface area contributed by atoms with Gasteiger partial charge in [0.25, 0.3) is 0 Å². The third-order valence-corrected chi connectivity index (χ3v) is 26.1. The summed E-state index contributed by atoms with van der Waals surface area (Å²) in [5.41, 5.74) is 11.4. The minimum atomic E-state index is -2.84. The average Bonchev–Trinajstić information content (AvgIpc) is 4.27. The first kappa shape index (κ1) is 47.2. The lowest BCUT2D eigenvalue weighted by Gasteiger charge is -2.34. The van der Waals surface area contributed by atoms with Gasteiger partial charge in [-0.05, 0) is 114 Å². The Bertz CT molecular complexity index is 4590. The number of nitrogens with zero attached hydrogens (tertiary/aromatic N) is 5. The first-order valence-corrected chi connectivity index (χ1v) is 31.5. The molecule has 378 valence electrons. The standard InChI is InChI=1S/C73H53N5Si2/c1-7-26-56(27-8-1)79(57-28-9-2-10-29-57,58-30-11-3-12-31-58)62-50-46-54(47-51-62)75-66-40-21-22-41-67(66)76(70-44-25-45-71-72(70)78(69-43-24-23-42-68(69)75)73-74-64-38-19-20-39-65(64)77(71)73)55-48-52-63(53-49-55)80(59-32-13-4-14-33-59,60-34-15-5-16-35-60)61-36-17-6-18-37-61/h1-53H. The molecule has 12 aromatic carbocycles. The Morgan fingerprint density at radius 2 is 0.500 bits per heavy atom. The van der Waals surface area contributed by atoms with Crippen molar-refractivity contribution in [2.24, 2.45) is 0 Å². The van der Waals surface area contributed by atoms with Gasteiger partial charge in [-0.3, -0.25) is 8.80 Å². The van der Waals surface area contributed by atoms with Crippen LogP contribution in [0.5, 0.6) is 0 Å². The maximum atomic E-state index is 5.49. The summed E-state index contributed by atoms with van der Waals surface area (Å²) in [6.45, 7) is 0. The van der Waals surface area contributed by atoms with Gasteiger partial charge in [-0.1, -0.05) is 249 Å². The van der Waals surface area contributed by atoms with Crippen LogP contribution in [-0.2, 0) is 0 Å². The molecule has 0 radical (unpaired) electrons. The number of hydrogen-bond donors (Lipinski definition) is 0. The highest BCUT2D eigenvalue weighted by Crippen LogP contribution is 2.35. The second-order valence-electron chi connectivity index (χ2n) is 20.7. The van der Waals surface area contributed by atoms with Crippen molar-refractivity contribution in [1.29, 1.82) is 0 Å². The highest BCUT2D eigenvalue weighted by Gasteiger charge is 2.42. The maximum absolute atomic E-state index is 5.49. The summed E-state index contributed by atoms with van der Waals surface area (Å²) >= 11 is 0. The van der Waals surface area contributed by atoms with Crippen LogP contribution in [0.3, 0.4) is 0 Å². The number of imidazole rings is 2. The van der Waals surface area contributed by atoms with Crippen LogP contribution in [0.25, 0.3) is 66.8 Å². The van der Waals surface area contributed by atoms with Gasteiger partial charge in [0.1, 0.15) is 0 Å². The van der Waals surface area contributed by atoms with E-state index < -0.39 is 16.1 Å². The van der Waals surface area contributed by atoms with Crippen molar-refractivity contribution in [3.05, 3.63) is 322 Å². The van der Waals surface area contributed by atoms with Crippen molar-refractivity contribution in [1.82, 2.24) is 22.9 Å².